The Labute approximate surface area is 225 Å². The fourth-order valence-electron chi connectivity index (χ4n) is 5.68. The Kier molecular flexibility index (Phi) is 6.11. The van der Waals surface area contributed by atoms with Crippen LogP contribution in [-0.2, 0) is 10.7 Å². The fraction of sp³-hybridized carbons (Fsp3) is 0.333. The molecule has 0 bridgehead atoms. The molecule has 6 rings (SSSR count). The minimum absolute atomic E-state index is 0.0369. The maximum Gasteiger partial charge on any atom is 0.295 e. The number of carbonyl (C=O) groups excluding carboxylic acids is 2. The highest BCUT2D eigenvalue weighted by molar-refractivity contribution is 7.17. The number of oxazole rings is 1. The van der Waals surface area contributed by atoms with E-state index in [4.69, 9.17) is 9.52 Å². The summed E-state index contributed by atoms with van der Waals surface area (Å²) in [4.78, 5) is 36.7. The third kappa shape index (κ3) is 4.43. The summed E-state index contributed by atoms with van der Waals surface area (Å²) >= 11 is 1.23. The summed E-state index contributed by atoms with van der Waals surface area (Å²) in [5.41, 5.74) is 0.507. The highest BCUT2D eigenvalue weighted by Gasteiger charge is 2.50. The van der Waals surface area contributed by atoms with Gasteiger partial charge in [0.2, 0.25) is 11.9 Å². The number of amides is 2. The molecule has 2 N–H and O–H groups in total. The van der Waals surface area contributed by atoms with Crippen LogP contribution in [0.5, 0.6) is 0 Å². The van der Waals surface area contributed by atoms with E-state index >= 15 is 0 Å². The molecule has 4 heterocycles. The van der Waals surface area contributed by atoms with Gasteiger partial charge in [0.15, 0.2) is 12.2 Å². The van der Waals surface area contributed by atoms with E-state index in [0.29, 0.717) is 34.8 Å². The van der Waals surface area contributed by atoms with Crippen molar-refractivity contribution in [3.05, 3.63) is 66.0 Å². The highest BCUT2D eigenvalue weighted by Crippen LogP contribution is 2.55. The molecule has 1 saturated carbocycles. The van der Waals surface area contributed by atoms with Crippen molar-refractivity contribution in [2.24, 2.45) is 5.41 Å². The fourth-order valence-corrected chi connectivity index (χ4v) is 6.53. The van der Waals surface area contributed by atoms with Crippen molar-refractivity contribution in [1.29, 1.82) is 0 Å². The van der Waals surface area contributed by atoms with Crippen molar-refractivity contribution in [2.45, 2.75) is 31.2 Å². The molecule has 1 spiro atoms. The van der Waals surface area contributed by atoms with Gasteiger partial charge in [-0.15, -0.1) is 11.3 Å². The van der Waals surface area contributed by atoms with E-state index in [1.54, 1.807) is 29.3 Å². The van der Waals surface area contributed by atoms with Gasteiger partial charge in [0.05, 0.1) is 27.0 Å². The van der Waals surface area contributed by atoms with E-state index in [9.17, 15) is 18.4 Å². The number of fused-ring (bicyclic) bond motifs is 1. The monoisotopic (exact) mass is 553 g/mol. The molecule has 2 aliphatic rings. The first-order chi connectivity index (χ1) is 18.7. The van der Waals surface area contributed by atoms with Crippen molar-refractivity contribution in [2.75, 3.05) is 25.0 Å². The zero-order valence-electron chi connectivity index (χ0n) is 20.8. The maximum atomic E-state index is 14.2. The molecule has 0 radical (unpaired) electrons. The Morgan fingerprint density at radius 1 is 1.31 bits per heavy atom. The lowest BCUT2D eigenvalue weighted by atomic mass is 9.64. The summed E-state index contributed by atoms with van der Waals surface area (Å²) in [5, 5.41) is 12.0. The van der Waals surface area contributed by atoms with Gasteiger partial charge < -0.3 is 19.0 Å². The van der Waals surface area contributed by atoms with Gasteiger partial charge in [-0.25, -0.2) is 9.97 Å². The number of likely N-dealkylation sites (tertiary alicyclic amines) is 1. The smallest absolute Gasteiger partial charge is 0.295 e. The van der Waals surface area contributed by atoms with Crippen LogP contribution < -0.4 is 5.32 Å². The maximum absolute atomic E-state index is 14.2. The van der Waals surface area contributed by atoms with E-state index in [2.05, 4.69) is 21.9 Å². The van der Waals surface area contributed by atoms with Crippen LogP contribution in [0.1, 0.15) is 40.5 Å². The second kappa shape index (κ2) is 9.38. The molecule has 3 aromatic heterocycles. The SMILES string of the molecule is C=CC(=O)N1CC[C@]2(C1)C[C@H](n1c(NC(=O)c3ccc(-c4cnco4)s3)nc3cc(C(F)(F)CO)ccc31)C2. The predicted octanol–water partition coefficient (Wildman–Crippen LogP) is 4.83. The first-order valence-electron chi connectivity index (χ1n) is 12.4. The van der Waals surface area contributed by atoms with Crippen LogP contribution in [0.15, 0.2) is 60.0 Å². The minimum atomic E-state index is -3.42. The second-order valence-corrected chi connectivity index (χ2v) is 11.2. The number of nitrogens with zero attached hydrogens (tertiary/aromatic N) is 4. The molecule has 0 atom stereocenters. The first kappa shape index (κ1) is 25.4. The van der Waals surface area contributed by atoms with Crippen molar-refractivity contribution in [3.63, 3.8) is 0 Å². The van der Waals surface area contributed by atoms with E-state index < -0.39 is 12.5 Å². The summed E-state index contributed by atoms with van der Waals surface area (Å²) < 4.78 is 35.7. The Morgan fingerprint density at radius 3 is 2.85 bits per heavy atom. The molecule has 2 fully saturated rings. The zero-order valence-corrected chi connectivity index (χ0v) is 21.6. The molecular weight excluding hydrogens is 528 g/mol. The van der Waals surface area contributed by atoms with Crippen LogP contribution in [0.25, 0.3) is 21.7 Å². The van der Waals surface area contributed by atoms with Crippen LogP contribution in [-0.4, -0.2) is 56.1 Å². The van der Waals surface area contributed by atoms with Gasteiger partial charge in [0, 0.05) is 24.7 Å². The summed E-state index contributed by atoms with van der Waals surface area (Å²) in [6.45, 7) is 3.56. The van der Waals surface area contributed by atoms with Crippen molar-refractivity contribution in [3.8, 4) is 10.6 Å². The van der Waals surface area contributed by atoms with Crippen LogP contribution in [0.3, 0.4) is 0 Å². The molecule has 2 amide bonds. The molecule has 1 aromatic carbocycles. The van der Waals surface area contributed by atoms with Gasteiger partial charge in [0.1, 0.15) is 6.61 Å². The number of imidazole rings is 1. The Balaban J connectivity index is 1.31. The van der Waals surface area contributed by atoms with Gasteiger partial charge in [-0.3, -0.25) is 14.9 Å². The lowest BCUT2D eigenvalue weighted by Gasteiger charge is -2.46. The van der Waals surface area contributed by atoms with Gasteiger partial charge in [-0.05, 0) is 55.0 Å². The lowest BCUT2D eigenvalue weighted by Crippen LogP contribution is -2.42. The number of hydrogen-bond acceptors (Lipinski definition) is 7. The normalized spacial score (nSPS) is 20.9. The predicted molar refractivity (Wildman–Crippen MR) is 141 cm³/mol. The quantitative estimate of drug-likeness (QED) is 0.317. The molecule has 39 heavy (non-hydrogen) atoms. The minimum Gasteiger partial charge on any atom is -0.443 e. The van der Waals surface area contributed by atoms with E-state index in [1.165, 1.54) is 35.9 Å². The number of benzene rings is 1. The number of halogens is 2. The number of hydrogen-bond donors (Lipinski definition) is 2. The molecule has 1 saturated heterocycles. The number of aliphatic hydroxyl groups is 1. The molecule has 9 nitrogen and oxygen atoms in total. The standard InChI is InChI=1S/C27H25F2N5O4S/c1-2-23(36)33-8-7-26(13-33)10-17(11-26)34-19-4-3-16(27(28,29)14-35)9-18(19)31-25(34)32-24(37)22-6-5-21(39-22)20-12-30-15-38-20/h2-6,9,12,15,17,35H,1,7-8,10-11,13-14H2,(H,31,32,37)/t17-,26-. The number of nitrogens with one attached hydrogen (secondary N) is 1. The van der Waals surface area contributed by atoms with Crippen LogP contribution in [0, 0.1) is 5.41 Å². The Morgan fingerprint density at radius 2 is 2.13 bits per heavy atom. The third-order valence-corrected chi connectivity index (χ3v) is 8.77. The zero-order chi connectivity index (χ0) is 27.4. The van der Waals surface area contributed by atoms with Crippen LogP contribution in [0.2, 0.25) is 0 Å². The van der Waals surface area contributed by atoms with Crippen molar-refractivity contribution in [1.82, 2.24) is 19.4 Å². The molecule has 1 aliphatic carbocycles. The summed E-state index contributed by atoms with van der Waals surface area (Å²) in [5.74, 6) is -3.09. The number of rotatable bonds is 7. The largest absolute Gasteiger partial charge is 0.443 e. The van der Waals surface area contributed by atoms with E-state index in [-0.39, 0.29) is 34.8 Å². The average Bonchev–Trinajstić information content (AvgIpc) is 3.71. The molecule has 4 aromatic rings. The summed E-state index contributed by atoms with van der Waals surface area (Å²) in [6, 6.07) is 7.48. The Hall–Kier alpha value is -3.90. The van der Waals surface area contributed by atoms with Gasteiger partial charge in [-0.1, -0.05) is 12.6 Å². The number of thiophene rings is 1. The van der Waals surface area contributed by atoms with Gasteiger partial charge in [-0.2, -0.15) is 8.78 Å². The molecule has 1 aliphatic heterocycles. The van der Waals surface area contributed by atoms with Crippen molar-refractivity contribution < 1.29 is 27.9 Å². The number of aromatic nitrogens is 3. The van der Waals surface area contributed by atoms with E-state index in [0.717, 1.165) is 24.1 Å². The summed E-state index contributed by atoms with van der Waals surface area (Å²) in [7, 11) is 0. The number of alkyl halides is 2. The molecular formula is C27H25F2N5O4S. The topological polar surface area (TPSA) is 113 Å². The number of carbonyl (C=O) groups is 2. The third-order valence-electron chi connectivity index (χ3n) is 7.67. The Bertz CT molecular complexity index is 1570. The summed E-state index contributed by atoms with van der Waals surface area (Å²) in [6.07, 6.45) is 6.57. The van der Waals surface area contributed by atoms with Gasteiger partial charge in [0.25, 0.3) is 11.8 Å². The van der Waals surface area contributed by atoms with Crippen molar-refractivity contribution >= 4 is 40.1 Å². The molecule has 12 heteroatoms. The average molecular weight is 554 g/mol. The van der Waals surface area contributed by atoms with Crippen LogP contribution >= 0.6 is 11.3 Å². The second-order valence-electron chi connectivity index (χ2n) is 10.1. The number of aliphatic hydroxyl groups excluding tert-OH is 1. The van der Waals surface area contributed by atoms with Crippen LogP contribution in [0.4, 0.5) is 14.7 Å². The van der Waals surface area contributed by atoms with Gasteiger partial charge >= 0.3 is 0 Å². The molecule has 0 unspecified atom stereocenters. The lowest BCUT2D eigenvalue weighted by molar-refractivity contribution is -0.125. The highest BCUT2D eigenvalue weighted by atomic mass is 32.1. The molecule has 202 valence electrons. The first-order valence-corrected chi connectivity index (χ1v) is 13.3. The van der Waals surface area contributed by atoms with E-state index in [1.807, 2.05) is 4.57 Å². The number of anilines is 1.